The fourth-order valence-electron chi connectivity index (χ4n) is 3.52. The number of thioether (sulfide) groups is 1. The predicted octanol–water partition coefficient (Wildman–Crippen LogP) is 6.57. The Morgan fingerprint density at radius 3 is 2.83 bits per heavy atom. The van der Waals surface area contributed by atoms with Crippen molar-refractivity contribution in [1.82, 2.24) is 0 Å². The SMILES string of the molecule is C=CCCCCCN1C=C/C(=C\CSc2cc(N)ccc2NC)c2ccccc21. The minimum Gasteiger partial charge on any atom is -0.399 e. The molecule has 4 heteroatoms. The van der Waals surface area contributed by atoms with Crippen LogP contribution in [0, 0.1) is 0 Å². The summed E-state index contributed by atoms with van der Waals surface area (Å²) in [7, 11) is 1.94. The zero-order chi connectivity index (χ0) is 20.5. The van der Waals surface area contributed by atoms with Gasteiger partial charge in [-0.05, 0) is 55.2 Å². The number of unbranched alkanes of at least 4 members (excludes halogenated alkanes) is 3. The maximum Gasteiger partial charge on any atom is 0.0485 e. The van der Waals surface area contributed by atoms with E-state index in [0.717, 1.165) is 30.1 Å². The molecule has 3 N–H and O–H groups in total. The molecule has 1 aliphatic rings. The van der Waals surface area contributed by atoms with Gasteiger partial charge in [0.05, 0.1) is 0 Å². The van der Waals surface area contributed by atoms with Crippen molar-refractivity contribution < 1.29 is 0 Å². The number of fused-ring (bicyclic) bond motifs is 1. The number of nitrogens with one attached hydrogen (secondary N) is 1. The molecule has 2 aromatic rings. The molecule has 1 aliphatic heterocycles. The van der Waals surface area contributed by atoms with E-state index in [2.05, 4.69) is 59.4 Å². The summed E-state index contributed by atoms with van der Waals surface area (Å²) in [5, 5.41) is 3.24. The largest absolute Gasteiger partial charge is 0.399 e. The van der Waals surface area contributed by atoms with Crippen LogP contribution < -0.4 is 16.0 Å². The van der Waals surface area contributed by atoms with E-state index in [1.807, 2.05) is 31.3 Å². The third-order valence-corrected chi connectivity index (χ3v) is 6.06. The molecule has 0 atom stereocenters. The third kappa shape index (κ3) is 5.70. The molecule has 3 rings (SSSR count). The summed E-state index contributed by atoms with van der Waals surface area (Å²) in [5.41, 5.74) is 11.8. The summed E-state index contributed by atoms with van der Waals surface area (Å²) in [5.74, 6) is 0.897. The van der Waals surface area contributed by atoms with Gasteiger partial charge in [0, 0.05) is 53.1 Å². The van der Waals surface area contributed by atoms with Gasteiger partial charge in [0.25, 0.3) is 0 Å². The van der Waals surface area contributed by atoms with Crippen LogP contribution in [0.4, 0.5) is 17.1 Å². The van der Waals surface area contributed by atoms with E-state index in [9.17, 15) is 0 Å². The van der Waals surface area contributed by atoms with Gasteiger partial charge in [-0.1, -0.05) is 36.8 Å². The van der Waals surface area contributed by atoms with Gasteiger partial charge in [0.1, 0.15) is 0 Å². The molecule has 0 bridgehead atoms. The minimum atomic E-state index is 0.797. The van der Waals surface area contributed by atoms with E-state index in [4.69, 9.17) is 5.73 Å². The Bertz CT molecular complexity index is 885. The number of nitrogen functional groups attached to an aromatic ring is 1. The van der Waals surface area contributed by atoms with Gasteiger partial charge in [0.15, 0.2) is 0 Å². The molecular weight excluding hydrogens is 374 g/mol. The number of nitrogens with zero attached hydrogens (tertiary/aromatic N) is 1. The molecule has 0 saturated carbocycles. The summed E-state index contributed by atoms with van der Waals surface area (Å²) in [6, 6.07) is 14.7. The number of hydrogen-bond donors (Lipinski definition) is 2. The summed E-state index contributed by atoms with van der Waals surface area (Å²) in [6.07, 6.45) is 13.6. The third-order valence-electron chi connectivity index (χ3n) is 5.08. The van der Waals surface area contributed by atoms with E-state index in [1.165, 1.54) is 41.0 Å². The predicted molar refractivity (Wildman–Crippen MR) is 131 cm³/mol. The number of allylic oxidation sites excluding steroid dienone is 3. The van der Waals surface area contributed by atoms with Crippen LogP contribution in [0.2, 0.25) is 0 Å². The highest BCUT2D eigenvalue weighted by molar-refractivity contribution is 7.99. The number of anilines is 3. The van der Waals surface area contributed by atoms with E-state index in [1.54, 1.807) is 11.8 Å². The highest BCUT2D eigenvalue weighted by Crippen LogP contribution is 2.34. The molecule has 3 nitrogen and oxygen atoms in total. The van der Waals surface area contributed by atoms with Crippen molar-refractivity contribution in [1.29, 1.82) is 0 Å². The van der Waals surface area contributed by atoms with Crippen molar-refractivity contribution in [2.45, 2.75) is 30.6 Å². The van der Waals surface area contributed by atoms with E-state index in [0.29, 0.717) is 0 Å². The normalized spacial score (nSPS) is 14.1. The lowest BCUT2D eigenvalue weighted by Gasteiger charge is -2.27. The standard InChI is InChI=1S/C25H31N3S/c1-3-4-5-6-9-16-28-17-14-20(22-10-7-8-11-24(22)28)15-18-29-25-19-21(26)12-13-23(25)27-2/h3,7-8,10-15,17,19,27H,1,4-6,9,16,18,26H2,2H3/b20-15+. The van der Waals surface area contributed by atoms with E-state index >= 15 is 0 Å². The van der Waals surface area contributed by atoms with Crippen molar-refractivity contribution in [3.8, 4) is 0 Å². The van der Waals surface area contributed by atoms with Gasteiger partial charge in [-0.25, -0.2) is 0 Å². The molecule has 0 fully saturated rings. The summed E-state index contributed by atoms with van der Waals surface area (Å²) >= 11 is 1.80. The van der Waals surface area contributed by atoms with Gasteiger partial charge < -0.3 is 16.0 Å². The Balaban J connectivity index is 1.67. The van der Waals surface area contributed by atoms with Gasteiger partial charge >= 0.3 is 0 Å². The van der Waals surface area contributed by atoms with Gasteiger partial charge in [-0.15, -0.1) is 18.3 Å². The lowest BCUT2D eigenvalue weighted by atomic mass is 9.99. The van der Waals surface area contributed by atoms with Crippen LogP contribution in [0.1, 0.15) is 31.2 Å². The first-order valence-corrected chi connectivity index (χ1v) is 11.3. The van der Waals surface area contributed by atoms with Crippen LogP contribution in [0.25, 0.3) is 5.57 Å². The Kier molecular flexibility index (Phi) is 7.88. The van der Waals surface area contributed by atoms with Gasteiger partial charge in [-0.3, -0.25) is 0 Å². The molecule has 29 heavy (non-hydrogen) atoms. The molecule has 0 spiro atoms. The summed E-state index contributed by atoms with van der Waals surface area (Å²) in [6.45, 7) is 4.86. The first-order valence-electron chi connectivity index (χ1n) is 10.3. The molecule has 1 heterocycles. The zero-order valence-electron chi connectivity index (χ0n) is 17.2. The monoisotopic (exact) mass is 405 g/mol. The zero-order valence-corrected chi connectivity index (χ0v) is 18.0. The van der Waals surface area contributed by atoms with E-state index < -0.39 is 0 Å². The van der Waals surface area contributed by atoms with Gasteiger partial charge in [0.2, 0.25) is 0 Å². The summed E-state index contributed by atoms with van der Waals surface area (Å²) in [4.78, 5) is 3.56. The van der Waals surface area contributed by atoms with E-state index in [-0.39, 0.29) is 0 Å². The first-order chi connectivity index (χ1) is 14.2. The lowest BCUT2D eigenvalue weighted by molar-refractivity contribution is 0.686. The molecule has 0 unspecified atom stereocenters. The maximum atomic E-state index is 5.96. The van der Waals surface area contributed by atoms with Crippen LogP contribution in [-0.2, 0) is 0 Å². The van der Waals surface area contributed by atoms with Crippen molar-refractivity contribution in [2.75, 3.05) is 35.3 Å². The lowest BCUT2D eigenvalue weighted by Crippen LogP contribution is -2.21. The van der Waals surface area contributed by atoms with Crippen molar-refractivity contribution in [3.05, 3.63) is 79.0 Å². The van der Waals surface area contributed by atoms with Crippen LogP contribution in [0.3, 0.4) is 0 Å². The minimum absolute atomic E-state index is 0.797. The molecule has 0 aliphatic carbocycles. The Labute approximate surface area is 179 Å². The number of rotatable bonds is 10. The maximum absolute atomic E-state index is 5.96. The average Bonchev–Trinajstić information content (AvgIpc) is 2.75. The van der Waals surface area contributed by atoms with Crippen molar-refractivity contribution in [3.63, 3.8) is 0 Å². The van der Waals surface area contributed by atoms with Crippen LogP contribution >= 0.6 is 11.8 Å². The second-order valence-corrected chi connectivity index (χ2v) is 8.20. The fourth-order valence-corrected chi connectivity index (χ4v) is 4.50. The molecular formula is C25H31N3S. The van der Waals surface area contributed by atoms with Gasteiger partial charge in [-0.2, -0.15) is 0 Å². The molecule has 152 valence electrons. The van der Waals surface area contributed by atoms with Crippen LogP contribution in [0.15, 0.2) is 78.4 Å². The average molecular weight is 406 g/mol. The topological polar surface area (TPSA) is 41.3 Å². The highest BCUT2D eigenvalue weighted by atomic mass is 32.2. The second kappa shape index (κ2) is 10.8. The number of hydrogen-bond acceptors (Lipinski definition) is 4. The first kappa shape index (κ1) is 21.1. The fraction of sp³-hybridized carbons (Fsp3) is 0.280. The highest BCUT2D eigenvalue weighted by Gasteiger charge is 2.15. The number of para-hydroxylation sites is 1. The number of nitrogens with two attached hydrogens (primary N) is 1. The quantitative estimate of drug-likeness (QED) is 0.203. The Morgan fingerprint density at radius 1 is 1.14 bits per heavy atom. The molecule has 0 radical (unpaired) electrons. The molecule has 0 aromatic heterocycles. The Morgan fingerprint density at radius 2 is 2.00 bits per heavy atom. The van der Waals surface area contributed by atoms with Crippen LogP contribution in [0.5, 0.6) is 0 Å². The Hall–Kier alpha value is -2.59. The molecule has 2 aromatic carbocycles. The molecule has 0 saturated heterocycles. The molecule has 0 amide bonds. The smallest absolute Gasteiger partial charge is 0.0485 e. The van der Waals surface area contributed by atoms with Crippen molar-refractivity contribution >= 4 is 34.4 Å². The van der Waals surface area contributed by atoms with Crippen molar-refractivity contribution in [2.24, 2.45) is 0 Å². The summed E-state index contributed by atoms with van der Waals surface area (Å²) < 4.78 is 0. The number of benzene rings is 2. The van der Waals surface area contributed by atoms with Crippen LogP contribution in [-0.4, -0.2) is 19.3 Å². The second-order valence-electron chi connectivity index (χ2n) is 7.14.